The Kier molecular flexibility index (Phi) is 17.5. The molecule has 0 amide bonds. The molecule has 0 rings (SSSR count). The zero-order valence-electron chi connectivity index (χ0n) is 16.6. The van der Waals surface area contributed by atoms with Crippen molar-refractivity contribution in [3.8, 4) is 35.5 Å². The molecular formula is C23H34O4. The third kappa shape index (κ3) is 17.3. The van der Waals surface area contributed by atoms with E-state index >= 15 is 0 Å². The van der Waals surface area contributed by atoms with Gasteiger partial charge in [0.1, 0.15) is 0 Å². The summed E-state index contributed by atoms with van der Waals surface area (Å²) in [5.74, 6) is 16.3. The Morgan fingerprint density at radius 3 is 2.00 bits per heavy atom. The summed E-state index contributed by atoms with van der Waals surface area (Å²) in [6.45, 7) is 1.80. The van der Waals surface area contributed by atoms with Gasteiger partial charge in [-0.05, 0) is 19.3 Å². The maximum Gasteiger partial charge on any atom is 0.306 e. The highest BCUT2D eigenvalue weighted by Crippen LogP contribution is 2.13. The largest absolute Gasteiger partial charge is 0.481 e. The lowest BCUT2D eigenvalue weighted by Crippen LogP contribution is -2.23. The molecule has 150 valence electrons. The molecule has 0 bridgehead atoms. The fourth-order valence-corrected chi connectivity index (χ4v) is 2.50. The molecule has 0 aliphatic rings. The van der Waals surface area contributed by atoms with Crippen molar-refractivity contribution in [2.24, 2.45) is 5.92 Å². The summed E-state index contributed by atoms with van der Waals surface area (Å²) >= 11 is 0. The lowest BCUT2D eigenvalue weighted by molar-refractivity contribution is -0.143. The first-order valence-electron chi connectivity index (χ1n) is 10.0. The zero-order valence-corrected chi connectivity index (χ0v) is 16.6. The van der Waals surface area contributed by atoms with E-state index in [-0.39, 0.29) is 6.42 Å². The van der Waals surface area contributed by atoms with Crippen LogP contribution in [0.5, 0.6) is 0 Å². The Labute approximate surface area is 164 Å². The number of unbranched alkanes of at least 4 members (excludes halogenated alkanes) is 6. The molecule has 3 N–H and O–H groups in total. The second kappa shape index (κ2) is 18.8. The first kappa shape index (κ1) is 25.1. The molecule has 2 atom stereocenters. The van der Waals surface area contributed by atoms with Gasteiger partial charge in [0.05, 0.1) is 31.5 Å². The van der Waals surface area contributed by atoms with Gasteiger partial charge in [0, 0.05) is 12.8 Å². The van der Waals surface area contributed by atoms with Crippen molar-refractivity contribution in [2.75, 3.05) is 6.61 Å². The number of hydrogen-bond acceptors (Lipinski definition) is 3. The molecule has 0 aliphatic heterocycles. The summed E-state index contributed by atoms with van der Waals surface area (Å²) in [6, 6.07) is 0. The van der Waals surface area contributed by atoms with Crippen LogP contribution in [-0.4, -0.2) is 34.0 Å². The lowest BCUT2D eigenvalue weighted by Gasteiger charge is -2.13. The third-order valence-corrected chi connectivity index (χ3v) is 4.12. The average molecular weight is 375 g/mol. The van der Waals surface area contributed by atoms with E-state index in [0.29, 0.717) is 25.7 Å². The van der Waals surface area contributed by atoms with Gasteiger partial charge < -0.3 is 15.3 Å². The molecule has 0 aromatic rings. The summed E-state index contributed by atoms with van der Waals surface area (Å²) in [5.41, 5.74) is 0. The predicted octanol–water partition coefficient (Wildman–Crippen LogP) is 3.75. The van der Waals surface area contributed by atoms with Gasteiger partial charge in [0.25, 0.3) is 0 Å². The molecule has 0 aromatic heterocycles. The minimum absolute atomic E-state index is 0.0464. The summed E-state index contributed by atoms with van der Waals surface area (Å²) in [6.07, 6.45) is 9.50. The van der Waals surface area contributed by atoms with Crippen LogP contribution < -0.4 is 0 Å². The SMILES string of the molecule is CCCCCCCCC#CCC#CCC#CCCC(CC(O)CO)C(=O)O. The number of aliphatic hydroxyl groups excluding tert-OH is 2. The third-order valence-electron chi connectivity index (χ3n) is 4.12. The zero-order chi connectivity index (χ0) is 20.2. The molecular weight excluding hydrogens is 340 g/mol. The predicted molar refractivity (Wildman–Crippen MR) is 109 cm³/mol. The van der Waals surface area contributed by atoms with Crippen LogP contribution in [0.25, 0.3) is 0 Å². The van der Waals surface area contributed by atoms with Crippen LogP contribution in [-0.2, 0) is 4.79 Å². The molecule has 2 unspecified atom stereocenters. The Hall–Kier alpha value is -1.93. The Bertz CT molecular complexity index is 562. The molecule has 0 saturated heterocycles. The number of aliphatic hydroxyl groups is 2. The summed E-state index contributed by atoms with van der Waals surface area (Å²) in [5, 5.41) is 27.2. The Morgan fingerprint density at radius 2 is 1.41 bits per heavy atom. The topological polar surface area (TPSA) is 77.8 Å². The number of aliphatic carboxylic acids is 1. The molecule has 0 radical (unpaired) electrons. The first-order chi connectivity index (χ1) is 13.1. The fourth-order valence-electron chi connectivity index (χ4n) is 2.50. The van der Waals surface area contributed by atoms with Gasteiger partial charge in [-0.1, -0.05) is 62.7 Å². The lowest BCUT2D eigenvalue weighted by atomic mass is 9.96. The molecule has 0 aromatic carbocycles. The van der Waals surface area contributed by atoms with E-state index in [1.807, 2.05) is 0 Å². The smallest absolute Gasteiger partial charge is 0.306 e. The maximum absolute atomic E-state index is 11.1. The molecule has 27 heavy (non-hydrogen) atoms. The van der Waals surface area contributed by atoms with E-state index in [0.717, 1.165) is 6.42 Å². The van der Waals surface area contributed by atoms with Gasteiger partial charge in [-0.15, -0.1) is 11.8 Å². The fraction of sp³-hybridized carbons (Fsp3) is 0.696. The van der Waals surface area contributed by atoms with E-state index in [9.17, 15) is 9.90 Å². The molecule has 4 nitrogen and oxygen atoms in total. The molecule has 0 aliphatic carbocycles. The van der Waals surface area contributed by atoms with E-state index in [4.69, 9.17) is 10.2 Å². The van der Waals surface area contributed by atoms with E-state index in [1.54, 1.807) is 0 Å². The van der Waals surface area contributed by atoms with Crippen LogP contribution in [0.4, 0.5) is 0 Å². The van der Waals surface area contributed by atoms with E-state index in [1.165, 1.54) is 38.5 Å². The van der Waals surface area contributed by atoms with Crippen molar-refractivity contribution in [1.29, 1.82) is 0 Å². The molecule has 0 saturated carbocycles. The number of rotatable bonds is 12. The van der Waals surface area contributed by atoms with Crippen LogP contribution in [0.2, 0.25) is 0 Å². The highest BCUT2D eigenvalue weighted by Gasteiger charge is 2.20. The first-order valence-corrected chi connectivity index (χ1v) is 10.0. The molecule has 4 heteroatoms. The van der Waals surface area contributed by atoms with Crippen LogP contribution in [0, 0.1) is 41.4 Å². The molecule has 0 fully saturated rings. The number of carbonyl (C=O) groups is 1. The normalized spacial score (nSPS) is 11.8. The molecule has 0 spiro atoms. The van der Waals surface area contributed by atoms with Gasteiger partial charge in [-0.2, -0.15) is 0 Å². The van der Waals surface area contributed by atoms with Gasteiger partial charge >= 0.3 is 5.97 Å². The average Bonchev–Trinajstić information content (AvgIpc) is 2.66. The minimum Gasteiger partial charge on any atom is -0.481 e. The van der Waals surface area contributed by atoms with Crippen LogP contribution in [0.1, 0.15) is 84.0 Å². The number of hydrogen-bond donors (Lipinski definition) is 3. The van der Waals surface area contributed by atoms with Gasteiger partial charge in [-0.25, -0.2) is 0 Å². The van der Waals surface area contributed by atoms with Crippen molar-refractivity contribution in [3.63, 3.8) is 0 Å². The minimum atomic E-state index is -0.993. The van der Waals surface area contributed by atoms with Crippen molar-refractivity contribution < 1.29 is 20.1 Å². The van der Waals surface area contributed by atoms with Crippen molar-refractivity contribution >= 4 is 5.97 Å². The van der Waals surface area contributed by atoms with Crippen molar-refractivity contribution in [1.82, 2.24) is 0 Å². The van der Waals surface area contributed by atoms with E-state index in [2.05, 4.69) is 42.4 Å². The van der Waals surface area contributed by atoms with Crippen LogP contribution in [0.3, 0.4) is 0 Å². The van der Waals surface area contributed by atoms with Crippen LogP contribution in [0.15, 0.2) is 0 Å². The second-order valence-electron chi connectivity index (χ2n) is 6.58. The summed E-state index contributed by atoms with van der Waals surface area (Å²) < 4.78 is 0. The number of carboxylic acids is 1. The summed E-state index contributed by atoms with van der Waals surface area (Å²) in [4.78, 5) is 11.1. The maximum atomic E-state index is 11.1. The van der Waals surface area contributed by atoms with Crippen molar-refractivity contribution in [2.45, 2.75) is 90.1 Å². The monoisotopic (exact) mass is 374 g/mol. The van der Waals surface area contributed by atoms with E-state index < -0.39 is 24.6 Å². The highest BCUT2D eigenvalue weighted by atomic mass is 16.4. The van der Waals surface area contributed by atoms with Gasteiger partial charge in [0.2, 0.25) is 0 Å². The Balaban J connectivity index is 3.79. The molecule has 0 heterocycles. The van der Waals surface area contributed by atoms with Crippen molar-refractivity contribution in [3.05, 3.63) is 0 Å². The number of carboxylic acid groups (broad SMARTS) is 1. The quantitative estimate of drug-likeness (QED) is 0.359. The Morgan fingerprint density at radius 1 is 0.852 bits per heavy atom. The van der Waals surface area contributed by atoms with Gasteiger partial charge in [-0.3, -0.25) is 4.79 Å². The van der Waals surface area contributed by atoms with Crippen LogP contribution >= 0.6 is 0 Å². The standard InChI is InChI=1S/C23H34O4/c1-2-3-4-5-6-7-8-9-10-11-12-13-14-15-16-17-18-21(23(26)27)19-22(25)20-24/h21-22,24-25H,2-8,11,14,17-20H2,1H3,(H,26,27). The highest BCUT2D eigenvalue weighted by molar-refractivity contribution is 5.70. The van der Waals surface area contributed by atoms with Gasteiger partial charge in [0.15, 0.2) is 0 Å². The second-order valence-corrected chi connectivity index (χ2v) is 6.58. The summed E-state index contributed by atoms with van der Waals surface area (Å²) in [7, 11) is 0.